The van der Waals surface area contributed by atoms with Gasteiger partial charge in [-0.1, -0.05) is 19.4 Å². The summed E-state index contributed by atoms with van der Waals surface area (Å²) >= 11 is 0. The molecule has 1 aromatic carbocycles. The van der Waals surface area contributed by atoms with E-state index in [1.165, 1.54) is 6.20 Å². The number of unbranched alkanes of at least 4 members (excludes halogenated alkanes) is 1. The van der Waals surface area contributed by atoms with Crippen molar-refractivity contribution in [2.45, 2.75) is 26.2 Å². The molecule has 102 valence electrons. The Kier molecular flexibility index (Phi) is 4.16. The Morgan fingerprint density at radius 3 is 2.95 bits per heavy atom. The Morgan fingerprint density at radius 1 is 1.50 bits per heavy atom. The topological polar surface area (TPSA) is 78.9 Å². The molecule has 1 aromatic heterocycles. The van der Waals surface area contributed by atoms with E-state index in [4.69, 9.17) is 5.26 Å². The number of aromatic nitrogens is 2. The summed E-state index contributed by atoms with van der Waals surface area (Å²) in [6, 6.07) is 9.06. The van der Waals surface area contributed by atoms with E-state index in [2.05, 4.69) is 18.1 Å². The fourth-order valence-electron chi connectivity index (χ4n) is 2.07. The van der Waals surface area contributed by atoms with E-state index in [0.717, 1.165) is 12.8 Å². The van der Waals surface area contributed by atoms with Gasteiger partial charge >= 0.3 is 5.97 Å². The summed E-state index contributed by atoms with van der Waals surface area (Å²) in [6.07, 6.45) is 3.88. The Labute approximate surface area is 117 Å². The summed E-state index contributed by atoms with van der Waals surface area (Å²) in [7, 11) is 0. The number of carbonyl (C=O) groups is 1. The van der Waals surface area contributed by atoms with Crippen LogP contribution in [0.3, 0.4) is 0 Å². The van der Waals surface area contributed by atoms with E-state index in [-0.39, 0.29) is 5.56 Å². The molecular formula is C15H15N3O2. The second-order valence-electron chi connectivity index (χ2n) is 4.49. The molecule has 0 amide bonds. The van der Waals surface area contributed by atoms with Crippen molar-refractivity contribution in [2.75, 3.05) is 0 Å². The standard InChI is InChI=1S/C15H15N3O2/c1-2-3-7-14-13(15(19)20)10-17-18(14)12-6-4-5-11(8-12)9-16/h4-6,8,10H,2-3,7H2,1H3,(H,19,20). The Bertz CT molecular complexity index is 668. The highest BCUT2D eigenvalue weighted by atomic mass is 16.4. The van der Waals surface area contributed by atoms with Gasteiger partial charge in [-0.3, -0.25) is 0 Å². The number of hydrogen-bond donors (Lipinski definition) is 1. The molecule has 20 heavy (non-hydrogen) atoms. The van der Waals surface area contributed by atoms with Gasteiger partial charge in [0.25, 0.3) is 0 Å². The molecule has 0 atom stereocenters. The highest BCUT2D eigenvalue weighted by Gasteiger charge is 2.17. The van der Waals surface area contributed by atoms with Gasteiger partial charge in [0.05, 0.1) is 29.2 Å². The van der Waals surface area contributed by atoms with Crippen molar-refractivity contribution in [3.63, 3.8) is 0 Å². The van der Waals surface area contributed by atoms with Gasteiger partial charge in [-0.05, 0) is 31.0 Å². The smallest absolute Gasteiger partial charge is 0.339 e. The minimum Gasteiger partial charge on any atom is -0.478 e. The molecule has 0 radical (unpaired) electrons. The molecule has 0 aliphatic heterocycles. The average Bonchev–Trinajstić information content (AvgIpc) is 2.89. The number of carboxylic acid groups (broad SMARTS) is 1. The molecule has 0 spiro atoms. The lowest BCUT2D eigenvalue weighted by Gasteiger charge is -2.08. The zero-order valence-electron chi connectivity index (χ0n) is 11.2. The molecule has 0 saturated heterocycles. The van der Waals surface area contributed by atoms with E-state index in [0.29, 0.717) is 23.4 Å². The van der Waals surface area contributed by atoms with Crippen molar-refractivity contribution in [3.05, 3.63) is 47.3 Å². The minimum atomic E-state index is -0.973. The quantitative estimate of drug-likeness (QED) is 0.905. The first-order valence-electron chi connectivity index (χ1n) is 6.48. The zero-order chi connectivity index (χ0) is 14.5. The van der Waals surface area contributed by atoms with Gasteiger partial charge < -0.3 is 5.11 Å². The number of rotatable bonds is 5. The van der Waals surface area contributed by atoms with Crippen molar-refractivity contribution in [3.8, 4) is 11.8 Å². The lowest BCUT2D eigenvalue weighted by atomic mass is 10.1. The second-order valence-corrected chi connectivity index (χ2v) is 4.49. The Morgan fingerprint density at radius 2 is 2.30 bits per heavy atom. The minimum absolute atomic E-state index is 0.223. The third-order valence-electron chi connectivity index (χ3n) is 3.09. The van der Waals surface area contributed by atoms with Gasteiger partial charge in [0, 0.05) is 0 Å². The number of hydrogen-bond acceptors (Lipinski definition) is 3. The molecule has 5 heteroatoms. The normalized spacial score (nSPS) is 10.2. The van der Waals surface area contributed by atoms with Gasteiger partial charge in [-0.2, -0.15) is 10.4 Å². The molecule has 0 saturated carbocycles. The van der Waals surface area contributed by atoms with E-state index in [1.807, 2.05) is 6.07 Å². The number of nitrogens with zero attached hydrogens (tertiary/aromatic N) is 3. The molecule has 2 rings (SSSR count). The van der Waals surface area contributed by atoms with Crippen LogP contribution >= 0.6 is 0 Å². The van der Waals surface area contributed by atoms with Crippen LogP contribution in [0.2, 0.25) is 0 Å². The van der Waals surface area contributed by atoms with E-state index in [1.54, 1.807) is 22.9 Å². The first-order valence-corrected chi connectivity index (χ1v) is 6.48. The molecule has 0 bridgehead atoms. The monoisotopic (exact) mass is 269 g/mol. The second kappa shape index (κ2) is 6.02. The van der Waals surface area contributed by atoms with Crippen LogP contribution in [0.15, 0.2) is 30.5 Å². The molecule has 0 unspecified atom stereocenters. The van der Waals surface area contributed by atoms with Crippen molar-refractivity contribution in [2.24, 2.45) is 0 Å². The molecule has 1 N–H and O–H groups in total. The van der Waals surface area contributed by atoms with Gasteiger partial charge in [0.1, 0.15) is 5.56 Å². The zero-order valence-corrected chi connectivity index (χ0v) is 11.2. The molecule has 5 nitrogen and oxygen atoms in total. The third kappa shape index (κ3) is 2.69. The lowest BCUT2D eigenvalue weighted by molar-refractivity contribution is 0.0695. The molecule has 0 aliphatic carbocycles. The van der Waals surface area contributed by atoms with Crippen LogP contribution in [0.25, 0.3) is 5.69 Å². The fourth-order valence-corrected chi connectivity index (χ4v) is 2.07. The van der Waals surface area contributed by atoms with Crippen molar-refractivity contribution < 1.29 is 9.90 Å². The predicted octanol–water partition coefficient (Wildman–Crippen LogP) is 2.78. The Balaban J connectivity index is 2.50. The highest BCUT2D eigenvalue weighted by Crippen LogP contribution is 2.18. The number of aromatic carboxylic acids is 1. The van der Waals surface area contributed by atoms with Gasteiger partial charge in [0.2, 0.25) is 0 Å². The van der Waals surface area contributed by atoms with Crippen molar-refractivity contribution in [1.29, 1.82) is 5.26 Å². The average molecular weight is 269 g/mol. The van der Waals surface area contributed by atoms with Crippen LogP contribution < -0.4 is 0 Å². The summed E-state index contributed by atoms with van der Waals surface area (Å²) in [5.74, 6) is -0.973. The summed E-state index contributed by atoms with van der Waals surface area (Å²) in [5.41, 5.74) is 2.13. The fraction of sp³-hybridized carbons (Fsp3) is 0.267. The largest absolute Gasteiger partial charge is 0.478 e. The molecular weight excluding hydrogens is 254 g/mol. The van der Waals surface area contributed by atoms with Crippen LogP contribution in [-0.4, -0.2) is 20.9 Å². The number of carboxylic acids is 1. The molecule has 0 fully saturated rings. The molecule has 0 aliphatic rings. The van der Waals surface area contributed by atoms with Crippen LogP contribution in [0.4, 0.5) is 0 Å². The number of nitriles is 1. The first-order chi connectivity index (χ1) is 9.67. The van der Waals surface area contributed by atoms with Crippen LogP contribution in [-0.2, 0) is 6.42 Å². The van der Waals surface area contributed by atoms with Gasteiger partial charge in [0.15, 0.2) is 0 Å². The predicted molar refractivity (Wildman–Crippen MR) is 73.9 cm³/mol. The maximum atomic E-state index is 11.2. The number of benzene rings is 1. The van der Waals surface area contributed by atoms with E-state index in [9.17, 15) is 9.90 Å². The first kappa shape index (κ1) is 13.8. The maximum Gasteiger partial charge on any atom is 0.339 e. The summed E-state index contributed by atoms with van der Waals surface area (Å²) in [6.45, 7) is 2.05. The summed E-state index contributed by atoms with van der Waals surface area (Å²) < 4.78 is 1.61. The van der Waals surface area contributed by atoms with Crippen molar-refractivity contribution >= 4 is 5.97 Å². The van der Waals surface area contributed by atoms with Crippen molar-refractivity contribution in [1.82, 2.24) is 9.78 Å². The molecule has 1 heterocycles. The van der Waals surface area contributed by atoms with Gasteiger partial charge in [-0.25, -0.2) is 9.48 Å². The summed E-state index contributed by atoms with van der Waals surface area (Å²) in [4.78, 5) is 11.2. The SMILES string of the molecule is CCCCc1c(C(=O)O)cnn1-c1cccc(C#N)c1. The highest BCUT2D eigenvalue weighted by molar-refractivity contribution is 5.88. The molecule has 2 aromatic rings. The maximum absolute atomic E-state index is 11.2. The summed E-state index contributed by atoms with van der Waals surface area (Å²) in [5, 5.41) is 22.3. The van der Waals surface area contributed by atoms with Gasteiger partial charge in [-0.15, -0.1) is 0 Å². The van der Waals surface area contributed by atoms with E-state index >= 15 is 0 Å². The van der Waals surface area contributed by atoms with Crippen LogP contribution in [0.5, 0.6) is 0 Å². The third-order valence-corrected chi connectivity index (χ3v) is 3.09. The Hall–Kier alpha value is -2.61. The van der Waals surface area contributed by atoms with Crippen LogP contribution in [0.1, 0.15) is 41.4 Å². The van der Waals surface area contributed by atoms with E-state index < -0.39 is 5.97 Å². The van der Waals surface area contributed by atoms with Crippen LogP contribution in [0, 0.1) is 11.3 Å². The lowest BCUT2D eigenvalue weighted by Crippen LogP contribution is -2.07.